The fourth-order valence-electron chi connectivity index (χ4n) is 1.81. The zero-order valence-electron chi connectivity index (χ0n) is 9.46. The number of fused-ring (bicyclic) bond motifs is 1. The van der Waals surface area contributed by atoms with Crippen LogP contribution in [0.2, 0.25) is 0 Å². The molecule has 0 spiro atoms. The van der Waals surface area contributed by atoms with Gasteiger partial charge in [0.05, 0.1) is 6.20 Å². The van der Waals surface area contributed by atoms with Gasteiger partial charge in [-0.3, -0.25) is 5.10 Å². The summed E-state index contributed by atoms with van der Waals surface area (Å²) in [6.45, 7) is 0. The molecule has 0 radical (unpaired) electrons. The van der Waals surface area contributed by atoms with Gasteiger partial charge in [-0.25, -0.2) is 14.8 Å². The number of nitrogens with one attached hydrogen (secondary N) is 1. The van der Waals surface area contributed by atoms with Gasteiger partial charge >= 0.3 is 5.97 Å². The minimum atomic E-state index is -1.15. The number of carboxylic acids is 1. The van der Waals surface area contributed by atoms with Gasteiger partial charge in [0.15, 0.2) is 11.3 Å². The number of halogens is 1. The summed E-state index contributed by atoms with van der Waals surface area (Å²) in [6.07, 6.45) is 2.87. The summed E-state index contributed by atoms with van der Waals surface area (Å²) in [6, 6.07) is 4.15. The minimum Gasteiger partial charge on any atom is -0.477 e. The molecule has 0 aliphatic rings. The zero-order chi connectivity index (χ0) is 13.4. The van der Waals surface area contributed by atoms with Crippen molar-refractivity contribution in [3.8, 4) is 11.1 Å². The van der Waals surface area contributed by atoms with Gasteiger partial charge in [0.2, 0.25) is 5.95 Å². The number of aromatic nitrogens is 4. The van der Waals surface area contributed by atoms with Crippen molar-refractivity contribution in [2.24, 2.45) is 0 Å². The van der Waals surface area contributed by atoms with E-state index in [0.29, 0.717) is 22.2 Å². The van der Waals surface area contributed by atoms with Gasteiger partial charge in [-0.15, -0.1) is 0 Å². The summed E-state index contributed by atoms with van der Waals surface area (Å²) in [5.74, 6) is -1.74. The van der Waals surface area contributed by atoms with Gasteiger partial charge in [-0.05, 0) is 23.8 Å². The minimum absolute atomic E-state index is 0.115. The second-order valence-corrected chi connectivity index (χ2v) is 3.86. The number of aromatic carboxylic acids is 1. The fourth-order valence-corrected chi connectivity index (χ4v) is 1.81. The first kappa shape index (κ1) is 11.3. The number of H-pyrrole nitrogens is 1. The van der Waals surface area contributed by atoms with Crippen LogP contribution >= 0.6 is 0 Å². The van der Waals surface area contributed by atoms with E-state index in [1.54, 1.807) is 0 Å². The summed E-state index contributed by atoms with van der Waals surface area (Å²) in [4.78, 5) is 18.5. The molecule has 0 fully saturated rings. The lowest BCUT2D eigenvalue weighted by atomic mass is 10.0. The predicted octanol–water partition coefficient (Wildman–Crippen LogP) is 1.86. The largest absolute Gasteiger partial charge is 0.477 e. The number of carboxylic acid groups (broad SMARTS) is 1. The molecular weight excluding hydrogens is 251 g/mol. The molecule has 0 aliphatic carbocycles. The zero-order valence-corrected chi connectivity index (χ0v) is 9.46. The first-order valence-corrected chi connectivity index (χ1v) is 5.34. The van der Waals surface area contributed by atoms with Crippen LogP contribution in [0.5, 0.6) is 0 Å². The summed E-state index contributed by atoms with van der Waals surface area (Å²) in [5, 5.41) is 16.1. The Labute approximate surface area is 105 Å². The quantitative estimate of drug-likeness (QED) is 0.684. The van der Waals surface area contributed by atoms with Crippen LogP contribution in [-0.2, 0) is 0 Å². The summed E-state index contributed by atoms with van der Waals surface area (Å²) < 4.78 is 12.8. The Bertz CT molecular complexity index is 767. The Hall–Kier alpha value is -2.83. The van der Waals surface area contributed by atoms with E-state index in [-0.39, 0.29) is 5.69 Å². The molecule has 7 heteroatoms. The Kier molecular flexibility index (Phi) is 2.45. The molecule has 94 valence electrons. The summed E-state index contributed by atoms with van der Waals surface area (Å²) in [7, 11) is 0. The van der Waals surface area contributed by atoms with E-state index < -0.39 is 11.9 Å². The highest BCUT2D eigenvalue weighted by Crippen LogP contribution is 2.27. The molecule has 3 aromatic rings. The Morgan fingerprint density at radius 3 is 2.84 bits per heavy atom. The van der Waals surface area contributed by atoms with Crippen molar-refractivity contribution in [1.82, 2.24) is 20.2 Å². The van der Waals surface area contributed by atoms with Gasteiger partial charge in [0, 0.05) is 17.1 Å². The first-order valence-electron chi connectivity index (χ1n) is 5.34. The monoisotopic (exact) mass is 258 g/mol. The van der Waals surface area contributed by atoms with Gasteiger partial charge < -0.3 is 5.11 Å². The van der Waals surface area contributed by atoms with E-state index >= 15 is 0 Å². The molecule has 0 atom stereocenters. The van der Waals surface area contributed by atoms with Crippen molar-refractivity contribution in [2.75, 3.05) is 0 Å². The smallest absolute Gasteiger partial charge is 0.354 e. The molecule has 0 aromatic carbocycles. The van der Waals surface area contributed by atoms with Crippen LogP contribution < -0.4 is 0 Å². The standard InChI is InChI=1S/C12H7FN4O2/c13-10-2-1-6(4-14-10)7-3-9(12(18)19)16-11-8(7)5-15-17-11/h1-5H,(H,18,19)(H,15,16,17). The van der Waals surface area contributed by atoms with E-state index in [4.69, 9.17) is 5.11 Å². The SMILES string of the molecule is O=C(O)c1cc(-c2ccc(F)nc2)c2cn[nH]c2n1. The fraction of sp³-hybridized carbons (Fsp3) is 0. The molecule has 2 N–H and O–H groups in total. The van der Waals surface area contributed by atoms with Gasteiger partial charge in [-0.1, -0.05) is 0 Å². The summed E-state index contributed by atoms with van der Waals surface area (Å²) >= 11 is 0. The lowest BCUT2D eigenvalue weighted by Crippen LogP contribution is -2.01. The lowest BCUT2D eigenvalue weighted by molar-refractivity contribution is 0.0691. The Morgan fingerprint density at radius 2 is 2.16 bits per heavy atom. The lowest BCUT2D eigenvalue weighted by Gasteiger charge is -2.04. The van der Waals surface area contributed by atoms with E-state index in [2.05, 4.69) is 20.2 Å². The third kappa shape index (κ3) is 1.90. The number of hydrogen-bond donors (Lipinski definition) is 2. The molecule has 0 saturated heterocycles. The Balaban J connectivity index is 2.29. The van der Waals surface area contributed by atoms with Crippen molar-refractivity contribution >= 4 is 17.0 Å². The van der Waals surface area contributed by atoms with Crippen LogP contribution in [0.3, 0.4) is 0 Å². The summed E-state index contributed by atoms with van der Waals surface area (Å²) in [5.41, 5.74) is 1.43. The maximum Gasteiger partial charge on any atom is 0.354 e. The molecule has 19 heavy (non-hydrogen) atoms. The van der Waals surface area contributed by atoms with Crippen LogP contribution in [-0.4, -0.2) is 31.2 Å². The number of pyridine rings is 2. The van der Waals surface area contributed by atoms with Crippen LogP contribution in [0.25, 0.3) is 22.2 Å². The van der Waals surface area contributed by atoms with E-state index in [1.807, 2.05) is 0 Å². The molecule has 3 rings (SSSR count). The molecule has 0 aliphatic heterocycles. The molecular formula is C12H7FN4O2. The molecule has 0 unspecified atom stereocenters. The van der Waals surface area contributed by atoms with E-state index in [9.17, 15) is 9.18 Å². The molecule has 3 heterocycles. The second kappa shape index (κ2) is 4.13. The third-order valence-corrected chi connectivity index (χ3v) is 2.68. The maximum absolute atomic E-state index is 12.8. The molecule has 3 aromatic heterocycles. The molecule has 6 nitrogen and oxygen atoms in total. The number of nitrogens with zero attached hydrogens (tertiary/aromatic N) is 3. The maximum atomic E-state index is 12.8. The average Bonchev–Trinajstić information content (AvgIpc) is 2.86. The number of aromatic amines is 1. The first-order chi connectivity index (χ1) is 9.15. The number of carbonyl (C=O) groups is 1. The normalized spacial score (nSPS) is 10.8. The van der Waals surface area contributed by atoms with Gasteiger partial charge in [0.25, 0.3) is 0 Å². The topological polar surface area (TPSA) is 91.8 Å². The predicted molar refractivity (Wildman–Crippen MR) is 64.0 cm³/mol. The number of hydrogen-bond acceptors (Lipinski definition) is 4. The van der Waals surface area contributed by atoms with Crippen molar-refractivity contribution in [1.29, 1.82) is 0 Å². The molecule has 0 amide bonds. The molecule has 0 bridgehead atoms. The van der Waals surface area contributed by atoms with Crippen LogP contribution in [0.15, 0.2) is 30.6 Å². The van der Waals surface area contributed by atoms with E-state index in [1.165, 1.54) is 30.6 Å². The third-order valence-electron chi connectivity index (χ3n) is 2.68. The number of rotatable bonds is 2. The Morgan fingerprint density at radius 1 is 1.32 bits per heavy atom. The average molecular weight is 258 g/mol. The highest BCUT2D eigenvalue weighted by molar-refractivity contribution is 5.97. The van der Waals surface area contributed by atoms with Crippen molar-refractivity contribution in [3.63, 3.8) is 0 Å². The van der Waals surface area contributed by atoms with Gasteiger partial charge in [-0.2, -0.15) is 9.49 Å². The highest BCUT2D eigenvalue weighted by atomic mass is 19.1. The van der Waals surface area contributed by atoms with Crippen LogP contribution in [0.1, 0.15) is 10.5 Å². The van der Waals surface area contributed by atoms with Gasteiger partial charge in [0.1, 0.15) is 0 Å². The second-order valence-electron chi connectivity index (χ2n) is 3.86. The van der Waals surface area contributed by atoms with Crippen molar-refractivity contribution in [3.05, 3.63) is 42.2 Å². The van der Waals surface area contributed by atoms with E-state index in [0.717, 1.165) is 0 Å². The molecule has 0 saturated carbocycles. The highest BCUT2D eigenvalue weighted by Gasteiger charge is 2.13. The van der Waals surface area contributed by atoms with Crippen molar-refractivity contribution < 1.29 is 14.3 Å². The van der Waals surface area contributed by atoms with Crippen molar-refractivity contribution in [2.45, 2.75) is 0 Å². The van der Waals surface area contributed by atoms with Crippen LogP contribution in [0, 0.1) is 5.95 Å². The van der Waals surface area contributed by atoms with Crippen LogP contribution in [0.4, 0.5) is 4.39 Å².